The van der Waals surface area contributed by atoms with Gasteiger partial charge in [0.05, 0.1) is 19.5 Å². The highest BCUT2D eigenvalue weighted by molar-refractivity contribution is 7.57. The van der Waals surface area contributed by atoms with Gasteiger partial charge in [-0.2, -0.15) is 0 Å². The maximum absolute atomic E-state index is 11.4. The van der Waals surface area contributed by atoms with E-state index in [1.54, 1.807) is 0 Å². The quantitative estimate of drug-likeness (QED) is 0.259. The Morgan fingerprint density at radius 3 is 1.67 bits per heavy atom. The maximum atomic E-state index is 11.4. The van der Waals surface area contributed by atoms with Gasteiger partial charge in [-0.1, -0.05) is 31.3 Å². The van der Waals surface area contributed by atoms with Crippen molar-refractivity contribution in [3.63, 3.8) is 0 Å². The third kappa shape index (κ3) is 25.0. The first-order valence-corrected chi connectivity index (χ1v) is 8.62. The monoisotopic (exact) mass is 380 g/mol. The minimum absolute atomic E-state index is 0.174. The number of carbonyl (C=O) groups is 1. The van der Waals surface area contributed by atoms with Gasteiger partial charge >= 0.3 is 13.6 Å². The molecule has 0 radical (unpaired) electrons. The summed E-state index contributed by atoms with van der Waals surface area (Å²) in [5.41, 5.74) is 1.22. The van der Waals surface area contributed by atoms with Crippen molar-refractivity contribution in [1.82, 2.24) is 0 Å². The van der Waals surface area contributed by atoms with E-state index in [0.29, 0.717) is 0 Å². The minimum Gasteiger partial charge on any atom is -0.435 e. The van der Waals surface area contributed by atoms with Gasteiger partial charge in [-0.25, -0.2) is 0 Å². The number of hydrogen-bond donors (Lipinski definition) is 0. The van der Waals surface area contributed by atoms with Crippen LogP contribution >= 0.6 is 42.4 Å². The van der Waals surface area contributed by atoms with Crippen LogP contribution in [0.25, 0.3) is 0 Å². The zero-order valence-electron chi connectivity index (χ0n) is 11.8. The Bertz CT molecular complexity index is 325. The Morgan fingerprint density at radius 2 is 1.52 bits per heavy atom. The molecular formula is C12H20Cl3O5P. The molecule has 0 aromatic heterocycles. The average Bonchev–Trinajstić information content (AvgIpc) is 2.44. The molecule has 0 amide bonds. The maximum Gasteiger partial charge on any atom is 0.353 e. The molecule has 0 aliphatic carbocycles. The van der Waals surface area contributed by atoms with E-state index in [9.17, 15) is 9.36 Å². The first-order valence-electron chi connectivity index (χ1n) is 5.50. The fraction of sp³-hybridized carbons (Fsp3) is 0.417. The molecule has 0 fully saturated rings. The molecule has 21 heavy (non-hydrogen) atoms. The van der Waals surface area contributed by atoms with Gasteiger partial charge in [0.2, 0.25) is 0 Å². The van der Waals surface area contributed by atoms with Crippen molar-refractivity contribution in [3.05, 3.63) is 37.4 Å². The van der Waals surface area contributed by atoms with Crippen molar-refractivity contribution in [1.29, 1.82) is 0 Å². The standard InChI is InChI=1S/C6H11Cl2O3P.C4H6O2.C2H3Cl/c1-2-12(9,10-5-3-7)11-6-4-8;1-3-6-4(2)5;1-2-3/h2H,1,3-6H2;3H,1H2,2H3;2H,1H2. The fourth-order valence-electron chi connectivity index (χ4n) is 0.584. The van der Waals surface area contributed by atoms with Gasteiger partial charge < -0.3 is 13.8 Å². The van der Waals surface area contributed by atoms with Crippen molar-refractivity contribution >= 4 is 48.4 Å². The van der Waals surface area contributed by atoms with E-state index in [1.165, 1.54) is 12.5 Å². The van der Waals surface area contributed by atoms with Gasteiger partial charge in [0, 0.05) is 24.5 Å². The molecule has 9 heteroatoms. The average molecular weight is 382 g/mol. The first-order chi connectivity index (χ1) is 9.87. The molecule has 0 N–H and O–H groups in total. The van der Waals surface area contributed by atoms with E-state index >= 15 is 0 Å². The summed E-state index contributed by atoms with van der Waals surface area (Å²) in [6.07, 6.45) is 1.10. The van der Waals surface area contributed by atoms with Gasteiger partial charge in [-0.3, -0.25) is 9.36 Å². The summed E-state index contributed by atoms with van der Waals surface area (Å²) in [4.78, 5) is 9.75. The first kappa shape index (κ1) is 25.7. The van der Waals surface area contributed by atoms with Crippen LogP contribution in [0, 0.1) is 0 Å². The van der Waals surface area contributed by atoms with E-state index < -0.39 is 7.60 Å². The molecule has 0 bridgehead atoms. The molecule has 0 atom stereocenters. The molecule has 0 saturated carbocycles. The van der Waals surface area contributed by atoms with Crippen LogP contribution in [-0.4, -0.2) is 30.9 Å². The summed E-state index contributed by atoms with van der Waals surface area (Å²) in [6.45, 7) is 11.3. The van der Waals surface area contributed by atoms with Gasteiger partial charge in [-0.15, -0.1) is 23.2 Å². The van der Waals surface area contributed by atoms with Crippen molar-refractivity contribution in [2.75, 3.05) is 25.0 Å². The van der Waals surface area contributed by atoms with Crippen LogP contribution in [0.4, 0.5) is 0 Å². The Balaban J connectivity index is -0.000000300. The van der Waals surface area contributed by atoms with Crippen LogP contribution < -0.4 is 0 Å². The number of hydrogen-bond acceptors (Lipinski definition) is 5. The molecule has 0 aliphatic rings. The summed E-state index contributed by atoms with van der Waals surface area (Å²) >= 11 is 15.4. The molecule has 0 aliphatic heterocycles. The molecule has 0 rings (SSSR count). The van der Waals surface area contributed by atoms with Crippen molar-refractivity contribution in [2.45, 2.75) is 6.92 Å². The van der Waals surface area contributed by atoms with Crippen LogP contribution in [-0.2, 0) is 23.1 Å². The Hall–Kier alpha value is -0.290. The lowest BCUT2D eigenvalue weighted by Gasteiger charge is -2.12. The fourth-order valence-corrected chi connectivity index (χ4v) is 1.93. The van der Waals surface area contributed by atoms with Gasteiger partial charge in [0.15, 0.2) is 0 Å². The van der Waals surface area contributed by atoms with Gasteiger partial charge in [0.1, 0.15) is 0 Å². The second-order valence-corrected chi connectivity index (χ2v) is 5.72. The molecule has 0 aromatic carbocycles. The topological polar surface area (TPSA) is 61.8 Å². The van der Waals surface area contributed by atoms with Crippen molar-refractivity contribution in [2.24, 2.45) is 0 Å². The SMILES string of the molecule is C=CCl.C=COC(C)=O.C=CP(=O)(OCCCl)OCCCl. The molecule has 5 nitrogen and oxygen atoms in total. The Morgan fingerprint density at radius 1 is 1.14 bits per heavy atom. The largest absolute Gasteiger partial charge is 0.435 e. The molecule has 0 saturated heterocycles. The lowest BCUT2D eigenvalue weighted by molar-refractivity contribution is -0.135. The van der Waals surface area contributed by atoms with E-state index in [2.05, 4.69) is 24.5 Å². The van der Waals surface area contributed by atoms with Crippen molar-refractivity contribution < 1.29 is 23.1 Å². The predicted molar refractivity (Wildman–Crippen MR) is 89.2 cm³/mol. The van der Waals surface area contributed by atoms with E-state index in [4.69, 9.17) is 43.9 Å². The third-order valence-electron chi connectivity index (χ3n) is 1.17. The molecule has 0 spiro atoms. The van der Waals surface area contributed by atoms with E-state index in [-0.39, 0.29) is 30.9 Å². The molecule has 124 valence electrons. The summed E-state index contributed by atoms with van der Waals surface area (Å²) < 4.78 is 25.3. The zero-order chi connectivity index (χ0) is 17.1. The highest BCUT2D eigenvalue weighted by Crippen LogP contribution is 2.48. The summed E-state index contributed by atoms with van der Waals surface area (Å²) in [7, 11) is -3.14. The van der Waals surface area contributed by atoms with Crippen LogP contribution in [0.2, 0.25) is 0 Å². The van der Waals surface area contributed by atoms with Gasteiger partial charge in [-0.05, 0) is 5.54 Å². The minimum atomic E-state index is -3.14. The number of esters is 1. The summed E-state index contributed by atoms with van der Waals surface area (Å²) in [6, 6.07) is 0. The van der Waals surface area contributed by atoms with Crippen LogP contribution in [0.3, 0.4) is 0 Å². The smallest absolute Gasteiger partial charge is 0.353 e. The summed E-state index contributed by atoms with van der Waals surface area (Å²) in [5.74, 6) is 1.35. The van der Waals surface area contributed by atoms with E-state index in [0.717, 1.165) is 12.1 Å². The molecule has 0 heterocycles. The highest BCUT2D eigenvalue weighted by Gasteiger charge is 2.18. The second kappa shape index (κ2) is 19.7. The highest BCUT2D eigenvalue weighted by atomic mass is 35.5. The number of rotatable bonds is 8. The second-order valence-electron chi connectivity index (χ2n) is 2.70. The number of alkyl halides is 2. The Labute approximate surface area is 141 Å². The molecular weight excluding hydrogens is 361 g/mol. The zero-order valence-corrected chi connectivity index (χ0v) is 15.0. The molecule has 0 unspecified atom stereocenters. The summed E-state index contributed by atoms with van der Waals surface area (Å²) in [5, 5.41) is 0. The van der Waals surface area contributed by atoms with Crippen LogP contribution in [0.15, 0.2) is 37.4 Å². The number of carbonyl (C=O) groups excluding carboxylic acids is 1. The third-order valence-corrected chi connectivity index (χ3v) is 3.01. The van der Waals surface area contributed by atoms with Crippen molar-refractivity contribution in [3.8, 4) is 0 Å². The normalized spacial score (nSPS) is 9.14. The van der Waals surface area contributed by atoms with Gasteiger partial charge in [0.25, 0.3) is 0 Å². The lowest BCUT2D eigenvalue weighted by atomic mass is 10.8. The lowest BCUT2D eigenvalue weighted by Crippen LogP contribution is -1.98. The predicted octanol–water partition coefficient (Wildman–Crippen LogP) is 4.90. The van der Waals surface area contributed by atoms with Crippen LogP contribution in [0.1, 0.15) is 6.92 Å². The van der Waals surface area contributed by atoms with Crippen LogP contribution in [0.5, 0.6) is 0 Å². The van der Waals surface area contributed by atoms with E-state index in [1.807, 2.05) is 0 Å². The number of ether oxygens (including phenoxy) is 1. The Kier molecular flexibility index (Phi) is 24.1. The number of halogens is 3. The molecule has 0 aromatic rings.